The zero-order valence-corrected chi connectivity index (χ0v) is 9.40. The van der Waals surface area contributed by atoms with Crippen LogP contribution in [-0.2, 0) is 0 Å². The number of hydrogen-bond donors (Lipinski definition) is 0. The van der Waals surface area contributed by atoms with Crippen molar-refractivity contribution in [1.29, 1.82) is 0 Å². The summed E-state index contributed by atoms with van der Waals surface area (Å²) in [5.74, 6) is 0.396. The summed E-state index contributed by atoms with van der Waals surface area (Å²) in [5.41, 5.74) is 0. The molecule has 3 nitrogen and oxygen atoms in total. The lowest BCUT2D eigenvalue weighted by Crippen LogP contribution is -2.02. The number of thioether (sulfide) groups is 1. The van der Waals surface area contributed by atoms with Crippen LogP contribution in [0.2, 0.25) is 10.0 Å². The van der Waals surface area contributed by atoms with Gasteiger partial charge in [0.1, 0.15) is 0 Å². The Morgan fingerprint density at radius 1 is 1.43 bits per heavy atom. The molecule has 6 heteroatoms. The fourth-order valence-corrected chi connectivity index (χ4v) is 2.22. The molecule has 0 N–H and O–H groups in total. The van der Waals surface area contributed by atoms with E-state index in [1.54, 1.807) is 18.2 Å². The molecule has 0 unspecified atom stereocenters. The van der Waals surface area contributed by atoms with Gasteiger partial charge in [-0.2, -0.15) is 0 Å². The van der Waals surface area contributed by atoms with Crippen LogP contribution in [0.1, 0.15) is 0 Å². The lowest BCUT2D eigenvalue weighted by Gasteiger charge is -2.02. The minimum atomic E-state index is -0.356. The molecule has 1 aromatic rings. The first-order valence-electron chi connectivity index (χ1n) is 3.80. The average molecular weight is 252 g/mol. The van der Waals surface area contributed by atoms with Crippen molar-refractivity contribution in [1.82, 2.24) is 0 Å². The molecule has 0 aliphatic carbocycles. The van der Waals surface area contributed by atoms with Crippen LogP contribution in [0.15, 0.2) is 23.1 Å². The molecule has 0 radical (unpaired) electrons. The van der Waals surface area contributed by atoms with E-state index in [0.717, 1.165) is 4.90 Å². The Bertz CT molecular complexity index is 346. The molecular formula is C8H7Cl2NO2S. The van der Waals surface area contributed by atoms with Gasteiger partial charge in [0.2, 0.25) is 6.54 Å². The van der Waals surface area contributed by atoms with Gasteiger partial charge in [-0.25, -0.2) is 0 Å². The van der Waals surface area contributed by atoms with Gasteiger partial charge in [0, 0.05) is 9.82 Å². The zero-order chi connectivity index (χ0) is 10.6. The first kappa shape index (κ1) is 11.6. The molecule has 0 aliphatic heterocycles. The van der Waals surface area contributed by atoms with E-state index in [1.807, 2.05) is 0 Å². The smallest absolute Gasteiger partial charge is 0.213 e. The van der Waals surface area contributed by atoms with E-state index >= 15 is 0 Å². The second-order valence-electron chi connectivity index (χ2n) is 2.46. The van der Waals surface area contributed by atoms with Crippen molar-refractivity contribution in [3.05, 3.63) is 38.4 Å². The van der Waals surface area contributed by atoms with E-state index in [0.29, 0.717) is 15.8 Å². The maximum atomic E-state index is 10.1. The Labute approximate surface area is 95.5 Å². The summed E-state index contributed by atoms with van der Waals surface area (Å²) in [6.07, 6.45) is 0. The van der Waals surface area contributed by atoms with Crippen molar-refractivity contribution in [2.75, 3.05) is 12.3 Å². The Balaban J connectivity index is 2.59. The summed E-state index contributed by atoms with van der Waals surface area (Å²) < 4.78 is 0. The number of hydrogen-bond acceptors (Lipinski definition) is 3. The van der Waals surface area contributed by atoms with Gasteiger partial charge in [-0.05, 0) is 12.1 Å². The van der Waals surface area contributed by atoms with Gasteiger partial charge in [-0.1, -0.05) is 29.3 Å². The van der Waals surface area contributed by atoms with Crippen molar-refractivity contribution in [2.24, 2.45) is 0 Å². The van der Waals surface area contributed by atoms with Gasteiger partial charge < -0.3 is 0 Å². The standard InChI is InChI=1S/C8H7Cl2NO2S/c9-6-2-1-3-7(8(6)10)14-5-4-11(12)13/h1-3H,4-5H2. The third kappa shape index (κ3) is 3.36. The van der Waals surface area contributed by atoms with Crippen LogP contribution in [0.4, 0.5) is 0 Å². The molecule has 0 spiro atoms. The first-order chi connectivity index (χ1) is 6.61. The minimum absolute atomic E-state index is 0.0759. The van der Waals surface area contributed by atoms with Crippen molar-refractivity contribution in [2.45, 2.75) is 4.90 Å². The number of benzene rings is 1. The van der Waals surface area contributed by atoms with Crippen LogP contribution in [0.25, 0.3) is 0 Å². The summed E-state index contributed by atoms with van der Waals surface area (Å²) >= 11 is 13.0. The molecule has 1 aromatic carbocycles. The highest BCUT2D eigenvalue weighted by atomic mass is 35.5. The third-order valence-corrected chi connectivity index (χ3v) is 3.42. The third-order valence-electron chi connectivity index (χ3n) is 1.45. The first-order valence-corrected chi connectivity index (χ1v) is 5.54. The van der Waals surface area contributed by atoms with Crippen molar-refractivity contribution in [3.8, 4) is 0 Å². The van der Waals surface area contributed by atoms with Crippen LogP contribution >= 0.6 is 35.0 Å². The van der Waals surface area contributed by atoms with E-state index < -0.39 is 0 Å². The number of rotatable bonds is 4. The van der Waals surface area contributed by atoms with Gasteiger partial charge in [-0.15, -0.1) is 11.8 Å². The Hall–Kier alpha value is -0.450. The second kappa shape index (κ2) is 5.44. The molecule has 0 heterocycles. The van der Waals surface area contributed by atoms with Crippen LogP contribution < -0.4 is 0 Å². The predicted octanol–water partition coefficient (Wildman–Crippen LogP) is 3.36. The van der Waals surface area contributed by atoms with Gasteiger partial charge in [-0.3, -0.25) is 10.1 Å². The highest BCUT2D eigenvalue weighted by Crippen LogP contribution is 2.32. The van der Waals surface area contributed by atoms with E-state index in [2.05, 4.69) is 0 Å². The lowest BCUT2D eigenvalue weighted by molar-refractivity contribution is -0.474. The highest BCUT2D eigenvalue weighted by molar-refractivity contribution is 7.99. The van der Waals surface area contributed by atoms with E-state index in [9.17, 15) is 10.1 Å². The quantitative estimate of drug-likeness (QED) is 0.468. The monoisotopic (exact) mass is 251 g/mol. The largest absolute Gasteiger partial charge is 0.265 e. The molecule has 0 fully saturated rings. The van der Waals surface area contributed by atoms with Crippen LogP contribution in [0, 0.1) is 10.1 Å². The SMILES string of the molecule is O=[N+]([O-])CCSc1cccc(Cl)c1Cl. The molecular weight excluding hydrogens is 245 g/mol. The molecule has 0 bridgehead atoms. The Morgan fingerprint density at radius 2 is 2.14 bits per heavy atom. The molecule has 0 amide bonds. The average Bonchev–Trinajstić information content (AvgIpc) is 2.12. The maximum Gasteiger partial charge on any atom is 0.213 e. The molecule has 0 aromatic heterocycles. The topological polar surface area (TPSA) is 43.1 Å². The van der Waals surface area contributed by atoms with Crippen molar-refractivity contribution < 1.29 is 4.92 Å². The van der Waals surface area contributed by atoms with E-state index in [-0.39, 0.29) is 11.5 Å². The van der Waals surface area contributed by atoms with Crippen LogP contribution in [0.3, 0.4) is 0 Å². The van der Waals surface area contributed by atoms with Gasteiger partial charge in [0.05, 0.1) is 15.8 Å². The van der Waals surface area contributed by atoms with Gasteiger partial charge >= 0.3 is 0 Å². The summed E-state index contributed by atoms with van der Waals surface area (Å²) in [5, 5.41) is 11.0. The molecule has 1 rings (SSSR count). The second-order valence-corrected chi connectivity index (χ2v) is 4.38. The van der Waals surface area contributed by atoms with Crippen molar-refractivity contribution in [3.63, 3.8) is 0 Å². The Morgan fingerprint density at radius 3 is 2.79 bits per heavy atom. The zero-order valence-electron chi connectivity index (χ0n) is 7.07. The highest BCUT2D eigenvalue weighted by Gasteiger charge is 2.06. The van der Waals surface area contributed by atoms with E-state index in [4.69, 9.17) is 23.2 Å². The predicted molar refractivity (Wildman–Crippen MR) is 59.0 cm³/mol. The molecule has 0 saturated heterocycles. The lowest BCUT2D eigenvalue weighted by atomic mass is 10.4. The number of nitrogens with zero attached hydrogens (tertiary/aromatic N) is 1. The maximum absolute atomic E-state index is 10.1. The molecule has 0 aliphatic rings. The summed E-state index contributed by atoms with van der Waals surface area (Å²) in [7, 11) is 0. The van der Waals surface area contributed by atoms with E-state index in [1.165, 1.54) is 11.8 Å². The minimum Gasteiger partial charge on any atom is -0.265 e. The Kier molecular flexibility index (Phi) is 4.51. The molecule has 14 heavy (non-hydrogen) atoms. The van der Waals surface area contributed by atoms with Crippen LogP contribution in [0.5, 0.6) is 0 Å². The normalized spacial score (nSPS) is 10.1. The molecule has 0 saturated carbocycles. The van der Waals surface area contributed by atoms with Crippen molar-refractivity contribution >= 4 is 35.0 Å². The summed E-state index contributed by atoms with van der Waals surface area (Å²) in [6, 6.07) is 5.24. The van der Waals surface area contributed by atoms with Crippen LogP contribution in [-0.4, -0.2) is 17.2 Å². The fraction of sp³-hybridized carbons (Fsp3) is 0.250. The fourth-order valence-electron chi connectivity index (χ4n) is 0.826. The van der Waals surface area contributed by atoms with Gasteiger partial charge in [0.15, 0.2) is 0 Å². The molecule has 0 atom stereocenters. The number of halogens is 2. The number of nitro groups is 1. The summed E-state index contributed by atoms with van der Waals surface area (Å²) in [6.45, 7) is -0.0759. The molecule has 76 valence electrons. The summed E-state index contributed by atoms with van der Waals surface area (Å²) in [4.78, 5) is 10.5. The van der Waals surface area contributed by atoms with Gasteiger partial charge in [0.25, 0.3) is 0 Å².